The predicted molar refractivity (Wildman–Crippen MR) is 89.0 cm³/mol. The molecule has 0 aliphatic heterocycles. The average molecular weight is 330 g/mol. The number of hydrogen-bond donors (Lipinski definition) is 3. The van der Waals surface area contributed by atoms with Crippen LogP contribution in [0.25, 0.3) is 0 Å². The first kappa shape index (κ1) is 17.1. The van der Waals surface area contributed by atoms with Crippen LogP contribution in [0.3, 0.4) is 0 Å². The fraction of sp³-hybridized carbons (Fsp3) is 0.176. The van der Waals surface area contributed by atoms with Crippen molar-refractivity contribution < 1.29 is 24.5 Å². The maximum atomic E-state index is 12.0. The number of aromatic hydroxyl groups is 2. The van der Waals surface area contributed by atoms with Crippen LogP contribution in [-0.2, 0) is 0 Å². The van der Waals surface area contributed by atoms with Crippen molar-refractivity contribution in [2.75, 3.05) is 13.7 Å². The third-order valence-electron chi connectivity index (χ3n) is 3.11. The molecule has 0 saturated heterocycles. The lowest BCUT2D eigenvalue weighted by molar-refractivity contribution is 0.0952. The number of phenolic OH excluding ortho intramolecular Hbond substituents is 2. The molecule has 7 nitrogen and oxygen atoms in total. The van der Waals surface area contributed by atoms with E-state index in [2.05, 4.69) is 10.5 Å². The molecule has 0 heterocycles. The van der Waals surface area contributed by atoms with Crippen LogP contribution in [0, 0.1) is 0 Å². The zero-order chi connectivity index (χ0) is 17.5. The van der Waals surface area contributed by atoms with Crippen LogP contribution in [0.2, 0.25) is 0 Å². The molecular formula is C17H18N2O5. The molecule has 126 valence electrons. The molecule has 7 heteroatoms. The minimum Gasteiger partial charge on any atom is -0.507 e. The lowest BCUT2D eigenvalue weighted by Gasteiger charge is -2.06. The van der Waals surface area contributed by atoms with Gasteiger partial charge in [-0.15, -0.1) is 0 Å². The van der Waals surface area contributed by atoms with Crippen molar-refractivity contribution >= 4 is 12.1 Å². The van der Waals surface area contributed by atoms with Crippen molar-refractivity contribution in [2.24, 2.45) is 5.10 Å². The molecule has 0 saturated carbocycles. The van der Waals surface area contributed by atoms with E-state index in [-0.39, 0.29) is 17.1 Å². The molecule has 0 radical (unpaired) electrons. The minimum absolute atomic E-state index is 0.0289. The highest BCUT2D eigenvalue weighted by atomic mass is 16.5. The number of phenols is 2. The molecule has 24 heavy (non-hydrogen) atoms. The molecule has 0 fully saturated rings. The van der Waals surface area contributed by atoms with Crippen LogP contribution in [0.4, 0.5) is 0 Å². The molecular weight excluding hydrogens is 312 g/mol. The zero-order valence-electron chi connectivity index (χ0n) is 13.3. The number of nitrogens with one attached hydrogen (secondary N) is 1. The summed E-state index contributed by atoms with van der Waals surface area (Å²) in [7, 11) is 1.47. The topological polar surface area (TPSA) is 100 Å². The van der Waals surface area contributed by atoms with Crippen molar-refractivity contribution in [2.45, 2.75) is 6.92 Å². The summed E-state index contributed by atoms with van der Waals surface area (Å²) in [6, 6.07) is 9.04. The Kier molecular flexibility index (Phi) is 5.62. The summed E-state index contributed by atoms with van der Waals surface area (Å²) in [5.74, 6) is 0.0439. The van der Waals surface area contributed by atoms with E-state index in [1.807, 2.05) is 6.92 Å². The van der Waals surface area contributed by atoms with Crippen molar-refractivity contribution in [3.63, 3.8) is 0 Å². The Hall–Kier alpha value is -3.22. The van der Waals surface area contributed by atoms with Crippen molar-refractivity contribution in [3.05, 3.63) is 47.5 Å². The first-order valence-corrected chi connectivity index (χ1v) is 7.21. The molecule has 0 aromatic heterocycles. The monoisotopic (exact) mass is 330 g/mol. The molecule has 0 unspecified atom stereocenters. The maximum Gasteiger partial charge on any atom is 0.275 e. The number of rotatable bonds is 6. The highest BCUT2D eigenvalue weighted by molar-refractivity contribution is 5.97. The second-order valence-corrected chi connectivity index (χ2v) is 4.74. The van der Waals surface area contributed by atoms with Crippen LogP contribution < -0.4 is 14.9 Å². The minimum atomic E-state index is -0.560. The van der Waals surface area contributed by atoms with E-state index >= 15 is 0 Å². The quantitative estimate of drug-likeness (QED) is 0.557. The summed E-state index contributed by atoms with van der Waals surface area (Å²) in [4.78, 5) is 12.0. The van der Waals surface area contributed by atoms with Gasteiger partial charge in [0.1, 0.15) is 11.5 Å². The SMILES string of the molecule is CCOc1cc(/C=N\NC(=O)c2ccc(OC)cc2O)ccc1O. The summed E-state index contributed by atoms with van der Waals surface area (Å²) in [5.41, 5.74) is 3.03. The molecule has 0 bridgehead atoms. The Balaban J connectivity index is 2.06. The Bertz CT molecular complexity index is 759. The largest absolute Gasteiger partial charge is 0.507 e. The number of carbonyl (C=O) groups excluding carboxylic acids is 1. The lowest BCUT2D eigenvalue weighted by atomic mass is 10.2. The van der Waals surface area contributed by atoms with Gasteiger partial charge in [0, 0.05) is 6.07 Å². The van der Waals surface area contributed by atoms with E-state index in [9.17, 15) is 15.0 Å². The summed E-state index contributed by atoms with van der Waals surface area (Å²) >= 11 is 0. The highest BCUT2D eigenvalue weighted by Gasteiger charge is 2.11. The smallest absolute Gasteiger partial charge is 0.275 e. The molecule has 3 N–H and O–H groups in total. The van der Waals surface area contributed by atoms with Crippen LogP contribution in [0.1, 0.15) is 22.8 Å². The number of hydrogen-bond acceptors (Lipinski definition) is 6. The second kappa shape index (κ2) is 7.87. The molecule has 0 aliphatic rings. The maximum absolute atomic E-state index is 12.0. The molecule has 0 spiro atoms. The third kappa shape index (κ3) is 4.16. The van der Waals surface area contributed by atoms with E-state index in [0.29, 0.717) is 23.7 Å². The van der Waals surface area contributed by atoms with Crippen LogP contribution in [0.5, 0.6) is 23.0 Å². The predicted octanol–water partition coefficient (Wildman–Crippen LogP) is 2.27. The summed E-state index contributed by atoms with van der Waals surface area (Å²) in [5, 5.41) is 23.3. The van der Waals surface area contributed by atoms with Gasteiger partial charge in [0.05, 0.1) is 25.5 Å². The van der Waals surface area contributed by atoms with Crippen LogP contribution in [-0.4, -0.2) is 36.1 Å². The van der Waals surface area contributed by atoms with Gasteiger partial charge in [-0.25, -0.2) is 5.43 Å². The number of benzene rings is 2. The molecule has 0 atom stereocenters. The van der Waals surface area contributed by atoms with Crippen molar-refractivity contribution in [3.8, 4) is 23.0 Å². The molecule has 1 amide bonds. The van der Waals surface area contributed by atoms with E-state index in [4.69, 9.17) is 9.47 Å². The van der Waals surface area contributed by atoms with E-state index in [1.165, 1.54) is 31.5 Å². The van der Waals surface area contributed by atoms with Gasteiger partial charge < -0.3 is 19.7 Å². The second-order valence-electron chi connectivity index (χ2n) is 4.74. The van der Waals surface area contributed by atoms with Gasteiger partial charge in [0.25, 0.3) is 5.91 Å². The molecule has 2 rings (SSSR count). The fourth-order valence-corrected chi connectivity index (χ4v) is 1.94. The number of carbonyl (C=O) groups is 1. The number of nitrogens with zero attached hydrogens (tertiary/aromatic N) is 1. The summed E-state index contributed by atoms with van der Waals surface area (Å²) in [6.45, 7) is 2.23. The fourth-order valence-electron chi connectivity index (χ4n) is 1.94. The van der Waals surface area contributed by atoms with E-state index in [0.717, 1.165) is 0 Å². The average Bonchev–Trinajstić information content (AvgIpc) is 2.57. The Morgan fingerprint density at radius 2 is 2.00 bits per heavy atom. The van der Waals surface area contributed by atoms with E-state index < -0.39 is 5.91 Å². The Labute approximate surface area is 139 Å². The van der Waals surface area contributed by atoms with Crippen molar-refractivity contribution in [1.29, 1.82) is 0 Å². The van der Waals surface area contributed by atoms with Gasteiger partial charge in [-0.2, -0.15) is 5.10 Å². The Morgan fingerprint density at radius 1 is 1.21 bits per heavy atom. The number of amides is 1. The Morgan fingerprint density at radius 3 is 2.67 bits per heavy atom. The molecule has 2 aromatic rings. The number of methoxy groups -OCH3 is 1. The van der Waals surface area contributed by atoms with E-state index in [1.54, 1.807) is 18.2 Å². The number of ether oxygens (including phenoxy) is 2. The standard InChI is InChI=1S/C17H18N2O5/c1-3-24-16-8-11(4-7-14(16)20)10-18-19-17(22)13-6-5-12(23-2)9-15(13)21/h4-10,20-21H,3H2,1-2H3,(H,19,22)/b18-10-. The first-order chi connectivity index (χ1) is 11.5. The van der Waals surface area contributed by atoms with Crippen molar-refractivity contribution in [1.82, 2.24) is 5.43 Å². The van der Waals surface area contributed by atoms with Gasteiger partial charge in [-0.1, -0.05) is 0 Å². The normalized spacial score (nSPS) is 10.6. The zero-order valence-corrected chi connectivity index (χ0v) is 13.3. The lowest BCUT2D eigenvalue weighted by Crippen LogP contribution is -2.17. The van der Waals surface area contributed by atoms with Gasteiger partial charge >= 0.3 is 0 Å². The molecule has 2 aromatic carbocycles. The highest BCUT2D eigenvalue weighted by Crippen LogP contribution is 2.26. The summed E-state index contributed by atoms with van der Waals surface area (Å²) in [6.07, 6.45) is 1.40. The molecule has 0 aliphatic carbocycles. The number of hydrazone groups is 1. The first-order valence-electron chi connectivity index (χ1n) is 7.21. The van der Waals surface area contributed by atoms with Gasteiger partial charge in [-0.3, -0.25) is 4.79 Å². The van der Waals surface area contributed by atoms with Gasteiger partial charge in [-0.05, 0) is 42.8 Å². The summed E-state index contributed by atoms with van der Waals surface area (Å²) < 4.78 is 10.2. The van der Waals surface area contributed by atoms with Gasteiger partial charge in [0.2, 0.25) is 0 Å². The van der Waals surface area contributed by atoms with Crippen LogP contribution >= 0.6 is 0 Å². The third-order valence-corrected chi connectivity index (χ3v) is 3.11. The van der Waals surface area contributed by atoms with Crippen LogP contribution in [0.15, 0.2) is 41.5 Å². The van der Waals surface area contributed by atoms with Gasteiger partial charge in [0.15, 0.2) is 11.5 Å².